The number of hydrogen-bond acceptors (Lipinski definition) is 2. The molecule has 0 rings (SSSR count). The third-order valence-corrected chi connectivity index (χ3v) is 0.769. The van der Waals surface area contributed by atoms with Gasteiger partial charge in [0.2, 0.25) is 5.96 Å². The molecule has 0 radical (unpaired) electrons. The molecule has 9 heavy (non-hydrogen) atoms. The fourth-order valence-corrected chi connectivity index (χ4v) is 0.404. The maximum absolute atomic E-state index is 4.97. The molecule has 4 nitrogen and oxygen atoms in total. The van der Waals surface area contributed by atoms with Crippen LogP contribution in [0.2, 0.25) is 0 Å². The van der Waals surface area contributed by atoms with Gasteiger partial charge in [-0.15, -0.1) is 17.5 Å². The van der Waals surface area contributed by atoms with E-state index in [1.54, 1.807) is 11.9 Å². The molecule has 0 aliphatic rings. The number of nitrogens with two attached hydrogens (primary N) is 1. The first-order chi connectivity index (χ1) is 3.72. The van der Waals surface area contributed by atoms with Crippen LogP contribution >= 0.6 is 12.4 Å². The number of nitrogens with one attached hydrogen (secondary N) is 1. The lowest BCUT2D eigenvalue weighted by Gasteiger charge is -2.12. The Kier molecular flexibility index (Phi) is 6.84. The van der Waals surface area contributed by atoms with Gasteiger partial charge in [0.15, 0.2) is 0 Å². The fourth-order valence-electron chi connectivity index (χ4n) is 0.404. The molecule has 0 aromatic heterocycles. The molecule has 0 unspecified atom stereocenters. The van der Waals surface area contributed by atoms with Crippen LogP contribution in [0.25, 0.3) is 0 Å². The summed E-state index contributed by atoms with van der Waals surface area (Å²) in [6, 6.07) is 0. The summed E-state index contributed by atoms with van der Waals surface area (Å²) in [7, 11) is 5.50. The second-order valence-corrected chi connectivity index (χ2v) is 1.60. The lowest BCUT2D eigenvalue weighted by Crippen LogP contribution is -2.34. The van der Waals surface area contributed by atoms with Crippen molar-refractivity contribution >= 4 is 18.4 Å². The van der Waals surface area contributed by atoms with Crippen LogP contribution < -0.4 is 11.2 Å². The smallest absolute Gasteiger partial charge is 0.215 e. The molecular weight excluding hydrogens is 140 g/mol. The number of guanidine groups is 1. The van der Waals surface area contributed by atoms with E-state index in [1.165, 1.54) is 0 Å². The first-order valence-electron chi connectivity index (χ1n) is 2.35. The second kappa shape index (κ2) is 5.50. The Hall–Kier alpha value is -0.640. The third kappa shape index (κ3) is 3.90. The first-order valence-corrected chi connectivity index (χ1v) is 2.35. The molecule has 0 aromatic rings. The molecule has 0 amide bonds. The van der Waals surface area contributed by atoms with Gasteiger partial charge >= 0.3 is 0 Å². The van der Waals surface area contributed by atoms with Crippen molar-refractivity contribution in [3.63, 3.8) is 0 Å². The molecule has 0 aliphatic heterocycles. The van der Waals surface area contributed by atoms with E-state index in [0.717, 1.165) is 0 Å². The summed E-state index contributed by atoms with van der Waals surface area (Å²) in [5.41, 5.74) is 0. The molecule has 0 aliphatic carbocycles. The van der Waals surface area contributed by atoms with Gasteiger partial charge in [0.1, 0.15) is 0 Å². The van der Waals surface area contributed by atoms with Gasteiger partial charge in [-0.2, -0.15) is 0 Å². The van der Waals surface area contributed by atoms with Crippen LogP contribution in [0, 0.1) is 0 Å². The van der Waals surface area contributed by atoms with Crippen molar-refractivity contribution in [3.05, 3.63) is 0 Å². The normalized spacial score (nSPS) is 9.89. The molecule has 0 spiro atoms. The molecule has 5 heteroatoms. The van der Waals surface area contributed by atoms with Gasteiger partial charge in [-0.05, 0) is 0 Å². The molecule has 0 fully saturated rings. The molecule has 0 saturated carbocycles. The van der Waals surface area contributed by atoms with Crippen LogP contribution in [0.1, 0.15) is 0 Å². The number of rotatable bonds is 0. The summed E-state index contributed by atoms with van der Waals surface area (Å²) in [6.07, 6.45) is 0. The molecule has 0 bridgehead atoms. The zero-order valence-electron chi connectivity index (χ0n) is 5.88. The number of hydrogen-bond donors (Lipinski definition) is 2. The van der Waals surface area contributed by atoms with E-state index in [4.69, 9.17) is 5.84 Å². The van der Waals surface area contributed by atoms with E-state index in [-0.39, 0.29) is 12.4 Å². The lowest BCUT2D eigenvalue weighted by molar-refractivity contribution is 0.593. The molecule has 0 saturated heterocycles. The van der Waals surface area contributed by atoms with Crippen molar-refractivity contribution in [2.24, 2.45) is 10.9 Å². The number of hydrazone groups is 1. The highest BCUT2D eigenvalue weighted by Gasteiger charge is 1.92. The first kappa shape index (κ1) is 11.2. The Morgan fingerprint density at radius 2 is 2.00 bits per heavy atom. The van der Waals surface area contributed by atoms with Crippen LogP contribution in [0.3, 0.4) is 0 Å². The van der Waals surface area contributed by atoms with Crippen LogP contribution in [0.4, 0.5) is 0 Å². The summed E-state index contributed by atoms with van der Waals surface area (Å²) < 4.78 is 0. The van der Waals surface area contributed by atoms with Gasteiger partial charge in [-0.25, -0.2) is 0 Å². The third-order valence-electron chi connectivity index (χ3n) is 0.769. The Bertz CT molecular complexity index is 90.6. The van der Waals surface area contributed by atoms with Crippen molar-refractivity contribution in [2.75, 3.05) is 21.1 Å². The number of halogens is 1. The fraction of sp³-hybridized carbons (Fsp3) is 0.750. The molecule has 0 atom stereocenters. The largest absolute Gasteiger partial charge is 0.358 e. The average Bonchev–Trinajstić information content (AvgIpc) is 1.69. The van der Waals surface area contributed by atoms with Crippen LogP contribution in [0.5, 0.6) is 0 Å². The highest BCUT2D eigenvalue weighted by Crippen LogP contribution is 1.71. The Balaban J connectivity index is 0. The SMILES string of the molecule is CN/C(=N/N)N(C)C.Cl. The van der Waals surface area contributed by atoms with Crippen LogP contribution in [-0.2, 0) is 0 Å². The molecule has 56 valence electrons. The predicted molar refractivity (Wildman–Crippen MR) is 41.6 cm³/mol. The minimum Gasteiger partial charge on any atom is -0.358 e. The van der Waals surface area contributed by atoms with Crippen molar-refractivity contribution in [1.29, 1.82) is 0 Å². The zero-order valence-corrected chi connectivity index (χ0v) is 6.70. The zero-order chi connectivity index (χ0) is 6.57. The van der Waals surface area contributed by atoms with E-state index >= 15 is 0 Å². The van der Waals surface area contributed by atoms with Crippen molar-refractivity contribution in [2.45, 2.75) is 0 Å². The Morgan fingerprint density at radius 3 is 2.00 bits per heavy atom. The molecule has 0 heterocycles. The molecule has 3 N–H and O–H groups in total. The van der Waals surface area contributed by atoms with Gasteiger partial charge in [0.05, 0.1) is 0 Å². The summed E-state index contributed by atoms with van der Waals surface area (Å²) in [5, 5.41) is 6.24. The minimum absolute atomic E-state index is 0. The van der Waals surface area contributed by atoms with Gasteiger partial charge in [0.25, 0.3) is 0 Å². The Labute approximate surface area is 61.5 Å². The minimum atomic E-state index is 0. The summed E-state index contributed by atoms with van der Waals surface area (Å²) in [4.78, 5) is 1.79. The van der Waals surface area contributed by atoms with Gasteiger partial charge < -0.3 is 16.1 Å². The average molecular weight is 153 g/mol. The van der Waals surface area contributed by atoms with E-state index in [9.17, 15) is 0 Å². The van der Waals surface area contributed by atoms with E-state index in [0.29, 0.717) is 5.96 Å². The maximum Gasteiger partial charge on any atom is 0.215 e. The second-order valence-electron chi connectivity index (χ2n) is 1.60. The summed E-state index contributed by atoms with van der Waals surface area (Å²) >= 11 is 0. The Morgan fingerprint density at radius 1 is 1.56 bits per heavy atom. The quantitative estimate of drug-likeness (QED) is 0.211. The van der Waals surface area contributed by atoms with E-state index in [2.05, 4.69) is 10.4 Å². The molecular formula is C4H13ClN4. The van der Waals surface area contributed by atoms with Crippen LogP contribution in [0.15, 0.2) is 5.10 Å². The molecule has 0 aromatic carbocycles. The lowest BCUT2D eigenvalue weighted by atomic mass is 10.8. The highest BCUT2D eigenvalue weighted by molar-refractivity contribution is 5.85. The predicted octanol–water partition coefficient (Wildman–Crippen LogP) is -0.581. The maximum atomic E-state index is 4.97. The van der Waals surface area contributed by atoms with Crippen LogP contribution in [-0.4, -0.2) is 32.0 Å². The number of nitrogens with zero attached hydrogens (tertiary/aromatic N) is 2. The summed E-state index contributed by atoms with van der Waals surface area (Å²) in [6.45, 7) is 0. The topological polar surface area (TPSA) is 53.6 Å². The summed E-state index contributed by atoms with van der Waals surface area (Å²) in [5.74, 6) is 5.64. The van der Waals surface area contributed by atoms with Gasteiger partial charge in [-0.3, -0.25) is 0 Å². The van der Waals surface area contributed by atoms with E-state index < -0.39 is 0 Å². The highest BCUT2D eigenvalue weighted by atomic mass is 35.5. The van der Waals surface area contributed by atoms with Crippen molar-refractivity contribution in [1.82, 2.24) is 10.2 Å². The standard InChI is InChI=1S/C4H12N4.ClH/c1-6-4(7-5)8(2)3;/h5H2,1-3H3,(H,6,7);1H. The van der Waals surface area contributed by atoms with Crippen molar-refractivity contribution in [3.8, 4) is 0 Å². The monoisotopic (exact) mass is 152 g/mol. The van der Waals surface area contributed by atoms with Crippen molar-refractivity contribution < 1.29 is 0 Å². The van der Waals surface area contributed by atoms with Gasteiger partial charge in [0, 0.05) is 21.1 Å². The van der Waals surface area contributed by atoms with Gasteiger partial charge in [-0.1, -0.05) is 0 Å². The van der Waals surface area contributed by atoms with E-state index in [1.807, 2.05) is 14.1 Å².